The van der Waals surface area contributed by atoms with Crippen LogP contribution in [0.1, 0.15) is 6.42 Å². The molecule has 0 spiro atoms. The molecule has 2 fully saturated rings. The van der Waals surface area contributed by atoms with Gasteiger partial charge in [0.25, 0.3) is 0 Å². The van der Waals surface area contributed by atoms with Crippen molar-refractivity contribution in [2.75, 3.05) is 18.1 Å². The Kier molecular flexibility index (Phi) is 1.85. The van der Waals surface area contributed by atoms with Gasteiger partial charge in [0.2, 0.25) is 5.91 Å². The first-order chi connectivity index (χ1) is 5.98. The summed E-state index contributed by atoms with van der Waals surface area (Å²) in [5.74, 6) is -0.0101. The van der Waals surface area contributed by atoms with Gasteiger partial charge < -0.3 is 10.0 Å². The molecule has 6 heteroatoms. The zero-order valence-electron chi connectivity index (χ0n) is 7.01. The lowest BCUT2D eigenvalue weighted by Gasteiger charge is -2.34. The summed E-state index contributed by atoms with van der Waals surface area (Å²) in [6.45, 7) is 0.291. The highest BCUT2D eigenvalue weighted by Crippen LogP contribution is 2.22. The highest BCUT2D eigenvalue weighted by molar-refractivity contribution is 7.92. The van der Waals surface area contributed by atoms with E-state index in [0.29, 0.717) is 6.54 Å². The Balaban J connectivity index is 2.01. The van der Waals surface area contributed by atoms with Crippen LogP contribution in [0.25, 0.3) is 0 Å². The van der Waals surface area contributed by atoms with Crippen LogP contribution in [0.2, 0.25) is 0 Å². The molecule has 1 N–H and O–H groups in total. The number of β-amino-alcohol motifs (C(OH)–C–C–N with tert-alkyl or cyclic N) is 1. The van der Waals surface area contributed by atoms with Gasteiger partial charge in [-0.25, -0.2) is 8.42 Å². The molecule has 0 aromatic rings. The molecule has 2 rings (SSSR count). The molecule has 2 aliphatic heterocycles. The Morgan fingerprint density at radius 1 is 1.38 bits per heavy atom. The van der Waals surface area contributed by atoms with E-state index in [1.807, 2.05) is 0 Å². The van der Waals surface area contributed by atoms with Gasteiger partial charge in [-0.15, -0.1) is 0 Å². The second kappa shape index (κ2) is 2.68. The normalized spacial score (nSPS) is 33.5. The van der Waals surface area contributed by atoms with Gasteiger partial charge in [-0.1, -0.05) is 0 Å². The summed E-state index contributed by atoms with van der Waals surface area (Å²) < 4.78 is 21.7. The third kappa shape index (κ3) is 1.55. The number of hydrogen-bond donors (Lipinski definition) is 1. The van der Waals surface area contributed by atoms with Crippen LogP contribution < -0.4 is 0 Å². The van der Waals surface area contributed by atoms with Crippen LogP contribution in [0.5, 0.6) is 0 Å². The first-order valence-corrected chi connectivity index (χ1v) is 5.98. The van der Waals surface area contributed by atoms with Crippen LogP contribution in [0.15, 0.2) is 0 Å². The maximum Gasteiger partial charge on any atom is 0.225 e. The second-order valence-corrected chi connectivity index (χ2v) is 5.79. The maximum atomic E-state index is 11.2. The van der Waals surface area contributed by atoms with Crippen LogP contribution in [0.4, 0.5) is 0 Å². The van der Waals surface area contributed by atoms with Crippen LogP contribution >= 0.6 is 0 Å². The largest absolute Gasteiger partial charge is 0.391 e. The van der Waals surface area contributed by atoms with E-state index in [0.717, 1.165) is 0 Å². The van der Waals surface area contributed by atoms with E-state index in [1.165, 1.54) is 4.90 Å². The summed E-state index contributed by atoms with van der Waals surface area (Å²) in [4.78, 5) is 12.7. The summed E-state index contributed by atoms with van der Waals surface area (Å²) >= 11 is 0. The van der Waals surface area contributed by atoms with Gasteiger partial charge in [0.1, 0.15) is 0 Å². The molecule has 2 saturated heterocycles. The summed E-state index contributed by atoms with van der Waals surface area (Å²) in [5.41, 5.74) is 0. The molecule has 1 atom stereocenters. The SMILES string of the molecule is O=C1CC(O)CN1C1CS(=O)(=O)C1. The van der Waals surface area contributed by atoms with Crippen molar-refractivity contribution < 1.29 is 18.3 Å². The van der Waals surface area contributed by atoms with Gasteiger partial charge in [0, 0.05) is 6.54 Å². The molecule has 0 saturated carbocycles. The average molecular weight is 205 g/mol. The Morgan fingerprint density at radius 3 is 2.38 bits per heavy atom. The number of carbonyl (C=O) groups is 1. The molecule has 0 aromatic heterocycles. The fraction of sp³-hybridized carbons (Fsp3) is 0.857. The van der Waals surface area contributed by atoms with Crippen molar-refractivity contribution in [1.82, 2.24) is 4.90 Å². The summed E-state index contributed by atoms with van der Waals surface area (Å²) in [6, 6.07) is -0.186. The molecule has 0 aromatic carbocycles. The predicted octanol–water partition coefficient (Wildman–Crippen LogP) is -1.62. The first kappa shape index (κ1) is 8.96. The van der Waals surface area contributed by atoms with E-state index < -0.39 is 15.9 Å². The number of hydrogen-bond acceptors (Lipinski definition) is 4. The first-order valence-electron chi connectivity index (χ1n) is 4.16. The van der Waals surface area contributed by atoms with E-state index >= 15 is 0 Å². The lowest BCUT2D eigenvalue weighted by molar-refractivity contribution is -0.129. The van der Waals surface area contributed by atoms with Crippen LogP contribution in [-0.4, -0.2) is 54.5 Å². The van der Waals surface area contributed by atoms with Gasteiger partial charge in [-0.05, 0) is 0 Å². The Labute approximate surface area is 76.3 Å². The Bertz CT molecular complexity index is 324. The molecule has 74 valence electrons. The van der Waals surface area contributed by atoms with Crippen molar-refractivity contribution in [2.24, 2.45) is 0 Å². The molecule has 0 radical (unpaired) electrons. The molecule has 0 aliphatic carbocycles. The minimum absolute atomic E-state index is 0.0610. The molecule has 13 heavy (non-hydrogen) atoms. The lowest BCUT2D eigenvalue weighted by Crippen LogP contribution is -2.53. The number of sulfone groups is 1. The third-order valence-electron chi connectivity index (χ3n) is 2.47. The number of aliphatic hydroxyl groups excluding tert-OH is 1. The topological polar surface area (TPSA) is 74.7 Å². The van der Waals surface area contributed by atoms with Crippen LogP contribution in [0.3, 0.4) is 0 Å². The molecular weight excluding hydrogens is 194 g/mol. The minimum Gasteiger partial charge on any atom is -0.391 e. The second-order valence-electron chi connectivity index (χ2n) is 3.63. The number of nitrogens with zero attached hydrogens (tertiary/aromatic N) is 1. The van der Waals surface area contributed by atoms with Crippen LogP contribution in [-0.2, 0) is 14.6 Å². The smallest absolute Gasteiger partial charge is 0.225 e. The average Bonchev–Trinajstić information content (AvgIpc) is 2.24. The van der Waals surface area contributed by atoms with Gasteiger partial charge in [-0.2, -0.15) is 0 Å². The van der Waals surface area contributed by atoms with E-state index in [1.54, 1.807) is 0 Å². The zero-order valence-corrected chi connectivity index (χ0v) is 7.83. The van der Waals surface area contributed by atoms with Gasteiger partial charge in [-0.3, -0.25) is 4.79 Å². The summed E-state index contributed by atoms with van der Waals surface area (Å²) in [7, 11) is -2.88. The molecule has 5 nitrogen and oxygen atoms in total. The third-order valence-corrected chi connectivity index (χ3v) is 4.26. The molecule has 1 unspecified atom stereocenters. The lowest BCUT2D eigenvalue weighted by atomic mass is 10.3. The van der Waals surface area contributed by atoms with Crippen molar-refractivity contribution in [3.8, 4) is 0 Å². The van der Waals surface area contributed by atoms with Gasteiger partial charge >= 0.3 is 0 Å². The number of amides is 1. The van der Waals surface area contributed by atoms with E-state index in [2.05, 4.69) is 0 Å². The van der Waals surface area contributed by atoms with Crippen molar-refractivity contribution in [2.45, 2.75) is 18.6 Å². The predicted molar refractivity (Wildman–Crippen MR) is 44.8 cm³/mol. The quantitative estimate of drug-likeness (QED) is 0.558. The van der Waals surface area contributed by atoms with Crippen molar-refractivity contribution >= 4 is 15.7 Å². The maximum absolute atomic E-state index is 11.2. The zero-order chi connectivity index (χ0) is 9.64. The fourth-order valence-electron chi connectivity index (χ4n) is 1.78. The highest BCUT2D eigenvalue weighted by Gasteiger charge is 2.43. The van der Waals surface area contributed by atoms with Crippen molar-refractivity contribution in [1.29, 1.82) is 0 Å². The molecule has 0 bridgehead atoms. The Hall–Kier alpha value is -0.620. The van der Waals surface area contributed by atoms with E-state index in [4.69, 9.17) is 5.11 Å². The van der Waals surface area contributed by atoms with Crippen molar-refractivity contribution in [3.63, 3.8) is 0 Å². The van der Waals surface area contributed by atoms with Crippen LogP contribution in [0, 0.1) is 0 Å². The fourth-order valence-corrected chi connectivity index (χ4v) is 3.22. The number of rotatable bonds is 1. The number of likely N-dealkylation sites (tertiary alicyclic amines) is 1. The van der Waals surface area contributed by atoms with Gasteiger partial charge in [0.05, 0.1) is 30.1 Å². The Morgan fingerprint density at radius 2 is 2.00 bits per heavy atom. The van der Waals surface area contributed by atoms with E-state index in [-0.39, 0.29) is 29.9 Å². The number of aliphatic hydroxyl groups is 1. The standard InChI is InChI=1S/C7H11NO4S/c9-6-1-7(10)8(2-6)5-3-13(11,12)4-5/h5-6,9H,1-4H2. The summed E-state index contributed by atoms with van der Waals surface area (Å²) in [5, 5.41) is 9.16. The summed E-state index contributed by atoms with van der Waals surface area (Å²) in [6.07, 6.45) is -0.480. The highest BCUT2D eigenvalue weighted by atomic mass is 32.2. The minimum atomic E-state index is -2.88. The molecule has 2 aliphatic rings. The molecular formula is C7H11NO4S. The van der Waals surface area contributed by atoms with E-state index in [9.17, 15) is 13.2 Å². The molecule has 1 amide bonds. The van der Waals surface area contributed by atoms with Crippen molar-refractivity contribution in [3.05, 3.63) is 0 Å². The van der Waals surface area contributed by atoms with Gasteiger partial charge in [0.15, 0.2) is 9.84 Å². The monoisotopic (exact) mass is 205 g/mol. The number of carbonyl (C=O) groups excluding carboxylic acids is 1. The molecule has 2 heterocycles.